The van der Waals surface area contributed by atoms with Crippen LogP contribution < -0.4 is 0 Å². The van der Waals surface area contributed by atoms with Crippen molar-refractivity contribution in [2.45, 2.75) is 109 Å². The number of piperazine rings is 1. The maximum Gasteiger partial charge on any atom is 0.310 e. The maximum absolute atomic E-state index is 12.6. The Labute approximate surface area is 248 Å². The number of benzene rings is 2. The minimum Gasteiger partial charge on any atom is -0.415 e. The third kappa shape index (κ3) is 7.69. The molecule has 1 saturated heterocycles. The summed E-state index contributed by atoms with van der Waals surface area (Å²) in [5, 5.41) is 0.813. The Kier molecular flexibility index (Phi) is 11.1. The fraction of sp³-hybridized carbons (Fsp3) is 0.629. The van der Waals surface area contributed by atoms with Crippen molar-refractivity contribution in [3.05, 3.63) is 70.2 Å². The lowest BCUT2D eigenvalue weighted by Crippen LogP contribution is -2.70. The van der Waals surface area contributed by atoms with E-state index >= 15 is 0 Å². The van der Waals surface area contributed by atoms with Gasteiger partial charge in [0.25, 0.3) is 0 Å². The molecule has 0 spiro atoms. The number of carbonyl (C=O) groups excluding carboxylic acids is 1. The van der Waals surface area contributed by atoms with Gasteiger partial charge in [-0.2, -0.15) is 0 Å². The van der Waals surface area contributed by atoms with Crippen LogP contribution in [0.15, 0.2) is 48.5 Å². The molecule has 0 amide bonds. The Balaban J connectivity index is 1.28. The lowest BCUT2D eigenvalue weighted by Gasteiger charge is -2.53. The molecule has 0 radical (unpaired) electrons. The number of rotatable bonds is 14. The standard InChI is InChI=1S/C35H52ClN2O2/c1-5-6-7-8-9-10-11-12-16-19-34(39)40-27-38(4)23-22-37(26-35(38,2)3)33-25-31(28-17-14-13-15-18-28)30-21-20-29(36)24-32(30)33/h13-15,17-18,20-21,24,31,33H,5-12,16,19,22-23,25-27H2,1-4H3/q+1/t31-,33+,38+/m0/s1. The number of esters is 1. The van der Waals surface area contributed by atoms with Crippen LogP contribution in [0.5, 0.6) is 0 Å². The SMILES string of the molecule is CCCCCCCCCCCC(=O)OC[N@@+]1(C)CCN([C@@H]2C[C@@H](c3ccccc3)c3ccc(Cl)cc32)CC1(C)C. The third-order valence-corrected chi connectivity index (χ3v) is 10.0. The predicted octanol–water partition coefficient (Wildman–Crippen LogP) is 8.88. The second kappa shape index (κ2) is 14.3. The molecule has 0 saturated carbocycles. The van der Waals surface area contributed by atoms with Crippen molar-refractivity contribution in [3.8, 4) is 0 Å². The van der Waals surface area contributed by atoms with Crippen LogP contribution in [0, 0.1) is 0 Å². The van der Waals surface area contributed by atoms with Crippen LogP contribution in [-0.2, 0) is 9.53 Å². The molecule has 0 N–H and O–H groups in total. The average Bonchev–Trinajstić information content (AvgIpc) is 3.31. The van der Waals surface area contributed by atoms with E-state index in [-0.39, 0.29) is 11.5 Å². The summed E-state index contributed by atoms with van der Waals surface area (Å²) in [4.78, 5) is 15.3. The first-order valence-corrected chi connectivity index (χ1v) is 16.2. The molecule has 0 aromatic heterocycles. The molecule has 1 aliphatic carbocycles. The third-order valence-electron chi connectivity index (χ3n) is 9.81. The molecule has 5 heteroatoms. The van der Waals surface area contributed by atoms with Crippen molar-refractivity contribution in [2.75, 3.05) is 33.4 Å². The van der Waals surface area contributed by atoms with Gasteiger partial charge >= 0.3 is 5.97 Å². The molecule has 1 fully saturated rings. The second-order valence-corrected chi connectivity index (χ2v) is 13.6. The van der Waals surface area contributed by atoms with Crippen molar-refractivity contribution in [2.24, 2.45) is 0 Å². The van der Waals surface area contributed by atoms with Crippen LogP contribution in [0.1, 0.15) is 120 Å². The van der Waals surface area contributed by atoms with E-state index in [0.29, 0.717) is 25.1 Å². The molecule has 2 aromatic carbocycles. The van der Waals surface area contributed by atoms with Crippen molar-refractivity contribution < 1.29 is 14.0 Å². The van der Waals surface area contributed by atoms with Gasteiger partial charge in [-0.25, -0.2) is 0 Å². The van der Waals surface area contributed by atoms with Gasteiger partial charge in [0, 0.05) is 29.9 Å². The normalized spacial score (nSPS) is 24.1. The Morgan fingerprint density at radius 2 is 1.65 bits per heavy atom. The van der Waals surface area contributed by atoms with E-state index < -0.39 is 0 Å². The van der Waals surface area contributed by atoms with Crippen LogP contribution in [-0.4, -0.2) is 54.3 Å². The van der Waals surface area contributed by atoms with Crippen molar-refractivity contribution in [1.29, 1.82) is 0 Å². The van der Waals surface area contributed by atoms with E-state index in [1.54, 1.807) is 0 Å². The van der Waals surface area contributed by atoms with E-state index in [1.807, 2.05) is 6.07 Å². The molecule has 2 aliphatic rings. The van der Waals surface area contributed by atoms with Crippen LogP contribution in [0.2, 0.25) is 5.02 Å². The van der Waals surface area contributed by atoms with Crippen molar-refractivity contribution >= 4 is 17.6 Å². The molecule has 0 bridgehead atoms. The lowest BCUT2D eigenvalue weighted by molar-refractivity contribution is -0.974. The quantitative estimate of drug-likeness (QED) is 0.130. The zero-order valence-electron chi connectivity index (χ0n) is 25.5. The summed E-state index contributed by atoms with van der Waals surface area (Å²) in [6, 6.07) is 17.7. The molecule has 1 aliphatic heterocycles. The molecular formula is C35H52ClN2O2+. The first-order valence-electron chi connectivity index (χ1n) is 15.8. The van der Waals surface area contributed by atoms with E-state index in [9.17, 15) is 4.79 Å². The molecule has 220 valence electrons. The number of hydrogen-bond donors (Lipinski definition) is 0. The van der Waals surface area contributed by atoms with Gasteiger partial charge in [0.1, 0.15) is 5.54 Å². The predicted molar refractivity (Wildman–Crippen MR) is 167 cm³/mol. The van der Waals surface area contributed by atoms with E-state index in [1.165, 1.54) is 61.6 Å². The molecule has 0 unspecified atom stereocenters. The summed E-state index contributed by atoms with van der Waals surface area (Å²) < 4.78 is 6.65. The Hall–Kier alpha value is -1.88. The zero-order valence-corrected chi connectivity index (χ0v) is 26.2. The number of hydrogen-bond acceptors (Lipinski definition) is 3. The maximum atomic E-state index is 12.6. The van der Waals surface area contributed by atoms with Crippen molar-refractivity contribution in [3.63, 3.8) is 0 Å². The first-order chi connectivity index (χ1) is 19.2. The van der Waals surface area contributed by atoms with Gasteiger partial charge in [-0.1, -0.05) is 106 Å². The minimum absolute atomic E-state index is 0.0365. The fourth-order valence-electron chi connectivity index (χ4n) is 6.75. The van der Waals surface area contributed by atoms with Gasteiger partial charge in [-0.15, -0.1) is 0 Å². The number of quaternary nitrogens is 1. The van der Waals surface area contributed by atoms with Gasteiger partial charge in [-0.3, -0.25) is 14.2 Å². The average molecular weight is 568 g/mol. The number of fused-ring (bicyclic) bond motifs is 1. The highest BCUT2D eigenvalue weighted by atomic mass is 35.5. The summed E-state index contributed by atoms with van der Waals surface area (Å²) in [6.07, 6.45) is 12.9. The molecule has 1 heterocycles. The van der Waals surface area contributed by atoms with E-state index in [4.69, 9.17) is 16.3 Å². The fourth-order valence-corrected chi connectivity index (χ4v) is 6.93. The van der Waals surface area contributed by atoms with Crippen LogP contribution >= 0.6 is 11.6 Å². The van der Waals surface area contributed by atoms with Crippen LogP contribution in [0.25, 0.3) is 0 Å². The van der Waals surface area contributed by atoms with E-state index in [2.05, 4.69) is 75.2 Å². The highest BCUT2D eigenvalue weighted by molar-refractivity contribution is 6.30. The molecule has 3 atom stereocenters. The van der Waals surface area contributed by atoms with Gasteiger partial charge in [0.2, 0.25) is 6.73 Å². The Morgan fingerprint density at radius 3 is 2.33 bits per heavy atom. The number of halogens is 1. The highest BCUT2D eigenvalue weighted by Crippen LogP contribution is 2.48. The zero-order chi connectivity index (χ0) is 28.6. The molecule has 2 aromatic rings. The van der Waals surface area contributed by atoms with E-state index in [0.717, 1.165) is 48.4 Å². The molecule has 4 rings (SSSR count). The largest absolute Gasteiger partial charge is 0.415 e. The Morgan fingerprint density at radius 1 is 0.975 bits per heavy atom. The van der Waals surface area contributed by atoms with Gasteiger partial charge < -0.3 is 4.74 Å². The lowest BCUT2D eigenvalue weighted by atomic mass is 9.92. The summed E-state index contributed by atoms with van der Waals surface area (Å²) >= 11 is 6.51. The van der Waals surface area contributed by atoms with Gasteiger partial charge in [0.05, 0.1) is 20.1 Å². The number of nitrogens with zero attached hydrogens (tertiary/aromatic N) is 2. The van der Waals surface area contributed by atoms with Crippen molar-refractivity contribution in [1.82, 2.24) is 4.90 Å². The van der Waals surface area contributed by atoms with Gasteiger partial charge in [-0.05, 0) is 55.5 Å². The number of unbranched alkanes of at least 4 members (excludes halogenated alkanes) is 8. The molecule has 4 nitrogen and oxygen atoms in total. The smallest absolute Gasteiger partial charge is 0.310 e. The number of ether oxygens (including phenoxy) is 1. The topological polar surface area (TPSA) is 29.5 Å². The monoisotopic (exact) mass is 567 g/mol. The van der Waals surface area contributed by atoms with Gasteiger partial charge in [0.15, 0.2) is 0 Å². The summed E-state index contributed by atoms with van der Waals surface area (Å²) in [7, 11) is 2.26. The number of carbonyl (C=O) groups is 1. The second-order valence-electron chi connectivity index (χ2n) is 13.1. The summed E-state index contributed by atoms with van der Waals surface area (Å²) in [6.45, 7) is 10.3. The first kappa shape index (κ1) is 31.1. The summed E-state index contributed by atoms with van der Waals surface area (Å²) in [5.74, 6) is 0.358. The highest BCUT2D eigenvalue weighted by Gasteiger charge is 2.49. The van der Waals surface area contributed by atoms with Crippen LogP contribution in [0.4, 0.5) is 0 Å². The Bertz CT molecular complexity index is 1090. The minimum atomic E-state index is -0.0418. The summed E-state index contributed by atoms with van der Waals surface area (Å²) in [5.41, 5.74) is 4.12. The number of likely N-dealkylation sites (N-methyl/N-ethyl adjacent to an activating group) is 1. The molecular weight excluding hydrogens is 516 g/mol. The molecule has 40 heavy (non-hydrogen) atoms. The van der Waals surface area contributed by atoms with Crippen LogP contribution in [0.3, 0.4) is 0 Å².